The molecule has 0 N–H and O–H groups in total. The van der Waals surface area contributed by atoms with Crippen molar-refractivity contribution < 1.29 is 14.2 Å². The molecule has 0 atom stereocenters. The molecule has 1 saturated heterocycles. The van der Waals surface area contributed by atoms with Crippen LogP contribution < -0.4 is 9.64 Å². The zero-order valence-electron chi connectivity index (χ0n) is 20.2. The van der Waals surface area contributed by atoms with Crippen LogP contribution in [-0.2, 0) is 16.2 Å². The summed E-state index contributed by atoms with van der Waals surface area (Å²) in [5.41, 5.74) is 2.40. The number of fused-ring (bicyclic) bond motifs is 1. The summed E-state index contributed by atoms with van der Waals surface area (Å²) >= 11 is 0. The zero-order valence-corrected chi connectivity index (χ0v) is 21.2. The lowest BCUT2D eigenvalue weighted by atomic mass is 10.1. The highest BCUT2D eigenvalue weighted by atomic mass is 28.3. The lowest BCUT2D eigenvalue weighted by Gasteiger charge is -2.26. The maximum atomic E-state index is 6.00. The van der Waals surface area contributed by atoms with Crippen LogP contribution in [0.5, 0.6) is 5.75 Å². The van der Waals surface area contributed by atoms with Crippen molar-refractivity contribution in [2.75, 3.05) is 37.8 Å². The molecular weight excluding hydrogens is 436 g/mol. The quantitative estimate of drug-likeness (QED) is 0.344. The Bertz CT molecular complexity index is 1080. The van der Waals surface area contributed by atoms with Gasteiger partial charge in [0, 0.05) is 33.2 Å². The van der Waals surface area contributed by atoms with Gasteiger partial charge in [-0.25, -0.2) is 9.67 Å². The average Bonchev–Trinajstić information content (AvgIpc) is 3.14. The fraction of sp³-hybridized carbons (Fsp3) is 0.565. The first-order chi connectivity index (χ1) is 15.8. The molecule has 10 heteroatoms. The topological polar surface area (TPSA) is 87.4 Å². The minimum Gasteiger partial charge on any atom is -0.491 e. The number of hydrogen-bond donors (Lipinski definition) is 0. The molecular formula is C23H34N6O3Si. The van der Waals surface area contributed by atoms with Crippen LogP contribution in [0.4, 0.5) is 5.95 Å². The Labute approximate surface area is 196 Å². The van der Waals surface area contributed by atoms with E-state index in [2.05, 4.69) is 34.7 Å². The van der Waals surface area contributed by atoms with Crippen LogP contribution in [-0.4, -0.2) is 72.0 Å². The number of hydrogen-bond acceptors (Lipinski definition) is 8. The van der Waals surface area contributed by atoms with E-state index < -0.39 is 8.07 Å². The lowest BCUT2D eigenvalue weighted by molar-refractivity contribution is 0.0818. The summed E-state index contributed by atoms with van der Waals surface area (Å²) in [5.74, 6) is 1.40. The van der Waals surface area contributed by atoms with E-state index in [-0.39, 0.29) is 6.10 Å². The van der Waals surface area contributed by atoms with E-state index >= 15 is 0 Å². The molecule has 178 valence electrons. The van der Waals surface area contributed by atoms with Crippen molar-refractivity contribution in [1.29, 1.82) is 0 Å². The molecule has 1 aromatic carbocycles. The third-order valence-corrected chi connectivity index (χ3v) is 7.09. The standard InChI is InChI=1S/C23H34N6O3Si/c1-17(2)32-18-6-7-21-19(14-18)22(27-29(21)16-31-12-13-33(3,4)5)20-15-24-26-23(25-20)28-8-10-30-11-9-28/h6-7,14-15,17H,8-13,16H2,1-5H3. The Morgan fingerprint density at radius 3 is 2.67 bits per heavy atom. The van der Waals surface area contributed by atoms with E-state index in [1.54, 1.807) is 6.20 Å². The van der Waals surface area contributed by atoms with Crippen molar-refractivity contribution in [3.63, 3.8) is 0 Å². The Morgan fingerprint density at radius 2 is 1.94 bits per heavy atom. The molecule has 0 unspecified atom stereocenters. The fourth-order valence-corrected chi connectivity index (χ4v) is 4.38. The van der Waals surface area contributed by atoms with E-state index in [1.165, 1.54) is 0 Å². The molecule has 33 heavy (non-hydrogen) atoms. The van der Waals surface area contributed by atoms with Gasteiger partial charge in [0.15, 0.2) is 0 Å². The van der Waals surface area contributed by atoms with E-state index in [0.29, 0.717) is 31.6 Å². The highest BCUT2D eigenvalue weighted by Crippen LogP contribution is 2.31. The Balaban J connectivity index is 1.67. The monoisotopic (exact) mass is 470 g/mol. The Morgan fingerprint density at radius 1 is 1.15 bits per heavy atom. The maximum absolute atomic E-state index is 6.00. The van der Waals surface area contributed by atoms with Crippen LogP contribution in [0.1, 0.15) is 13.8 Å². The summed E-state index contributed by atoms with van der Waals surface area (Å²) < 4.78 is 19.3. The lowest BCUT2D eigenvalue weighted by Crippen LogP contribution is -2.37. The predicted octanol–water partition coefficient (Wildman–Crippen LogP) is 3.82. The summed E-state index contributed by atoms with van der Waals surface area (Å²) in [6.07, 6.45) is 1.75. The highest BCUT2D eigenvalue weighted by Gasteiger charge is 2.20. The van der Waals surface area contributed by atoms with Gasteiger partial charge in [0.1, 0.15) is 23.9 Å². The molecule has 1 aliphatic rings. The van der Waals surface area contributed by atoms with Crippen LogP contribution in [0, 0.1) is 0 Å². The van der Waals surface area contributed by atoms with Crippen LogP contribution in [0.25, 0.3) is 22.3 Å². The van der Waals surface area contributed by atoms with Gasteiger partial charge in [0.25, 0.3) is 0 Å². The molecule has 3 heterocycles. The van der Waals surface area contributed by atoms with Gasteiger partial charge in [0.05, 0.1) is 31.0 Å². The van der Waals surface area contributed by atoms with Crippen molar-refractivity contribution in [3.8, 4) is 17.1 Å². The molecule has 2 aromatic heterocycles. The minimum absolute atomic E-state index is 0.0829. The van der Waals surface area contributed by atoms with Gasteiger partial charge in [0.2, 0.25) is 5.95 Å². The minimum atomic E-state index is -1.15. The van der Waals surface area contributed by atoms with Gasteiger partial charge in [-0.15, -0.1) is 5.10 Å². The van der Waals surface area contributed by atoms with Crippen molar-refractivity contribution >= 4 is 24.9 Å². The van der Waals surface area contributed by atoms with Gasteiger partial charge < -0.3 is 19.1 Å². The number of rotatable bonds is 9. The third-order valence-electron chi connectivity index (χ3n) is 5.39. The first kappa shape index (κ1) is 23.6. The van der Waals surface area contributed by atoms with E-state index in [9.17, 15) is 0 Å². The van der Waals surface area contributed by atoms with Crippen LogP contribution in [0.2, 0.25) is 25.7 Å². The van der Waals surface area contributed by atoms with E-state index in [4.69, 9.17) is 24.3 Å². The number of anilines is 1. The third kappa shape index (κ3) is 6.07. The van der Waals surface area contributed by atoms with Crippen LogP contribution in [0.15, 0.2) is 24.4 Å². The first-order valence-corrected chi connectivity index (χ1v) is 15.3. The van der Waals surface area contributed by atoms with Gasteiger partial charge >= 0.3 is 0 Å². The molecule has 3 aromatic rings. The van der Waals surface area contributed by atoms with Crippen molar-refractivity contribution in [2.45, 2.75) is 52.4 Å². The van der Waals surface area contributed by atoms with Crippen molar-refractivity contribution in [1.82, 2.24) is 25.0 Å². The second-order valence-corrected chi connectivity index (χ2v) is 15.4. The molecule has 4 rings (SSSR count). The van der Waals surface area contributed by atoms with E-state index in [1.807, 2.05) is 36.7 Å². The summed E-state index contributed by atoms with van der Waals surface area (Å²) in [6, 6.07) is 7.14. The smallest absolute Gasteiger partial charge is 0.246 e. The summed E-state index contributed by atoms with van der Waals surface area (Å²) in [4.78, 5) is 6.88. The maximum Gasteiger partial charge on any atom is 0.246 e. The van der Waals surface area contributed by atoms with Gasteiger partial charge in [-0.3, -0.25) is 0 Å². The molecule has 0 radical (unpaired) electrons. The normalized spacial score (nSPS) is 14.9. The van der Waals surface area contributed by atoms with Gasteiger partial charge in [-0.05, 0) is 38.1 Å². The number of morpholine rings is 1. The number of aromatic nitrogens is 5. The van der Waals surface area contributed by atoms with Crippen molar-refractivity contribution in [2.24, 2.45) is 0 Å². The Kier molecular flexibility index (Phi) is 7.25. The van der Waals surface area contributed by atoms with Gasteiger partial charge in [-0.1, -0.05) is 19.6 Å². The molecule has 0 saturated carbocycles. The fourth-order valence-electron chi connectivity index (χ4n) is 3.63. The summed E-state index contributed by atoms with van der Waals surface area (Å²) in [6.45, 7) is 15.0. The second kappa shape index (κ2) is 10.1. The van der Waals surface area contributed by atoms with Crippen LogP contribution in [0.3, 0.4) is 0 Å². The van der Waals surface area contributed by atoms with Crippen LogP contribution >= 0.6 is 0 Å². The molecule has 0 spiro atoms. The molecule has 9 nitrogen and oxygen atoms in total. The molecule has 1 aliphatic heterocycles. The highest BCUT2D eigenvalue weighted by molar-refractivity contribution is 6.76. The first-order valence-electron chi connectivity index (χ1n) is 11.6. The summed E-state index contributed by atoms with van der Waals surface area (Å²) in [7, 11) is -1.15. The molecule has 0 bridgehead atoms. The number of benzene rings is 1. The van der Waals surface area contributed by atoms with Crippen molar-refractivity contribution in [3.05, 3.63) is 24.4 Å². The zero-order chi connectivity index (χ0) is 23.4. The number of ether oxygens (including phenoxy) is 3. The molecule has 0 aliphatic carbocycles. The predicted molar refractivity (Wildman–Crippen MR) is 131 cm³/mol. The summed E-state index contributed by atoms with van der Waals surface area (Å²) in [5, 5.41) is 14.3. The van der Waals surface area contributed by atoms with Gasteiger partial charge in [-0.2, -0.15) is 10.2 Å². The second-order valence-electron chi connectivity index (χ2n) is 9.78. The number of nitrogens with zero attached hydrogens (tertiary/aromatic N) is 6. The van der Waals surface area contributed by atoms with E-state index in [0.717, 1.165) is 48.1 Å². The molecule has 0 amide bonds. The SMILES string of the molecule is CC(C)Oc1ccc2c(c1)c(-c1cnnc(N3CCOCC3)n1)nn2COCC[Si](C)(C)C. The Hall–Kier alpha value is -2.56. The average molecular weight is 471 g/mol. The largest absolute Gasteiger partial charge is 0.491 e. The molecule has 1 fully saturated rings.